The van der Waals surface area contributed by atoms with E-state index < -0.39 is 23.4 Å². The summed E-state index contributed by atoms with van der Waals surface area (Å²) in [6.07, 6.45) is -4.47. The highest BCUT2D eigenvalue weighted by atomic mass is 79.9. The number of rotatable bonds is 3. The van der Waals surface area contributed by atoms with E-state index in [1.165, 1.54) is 18.2 Å². The molecule has 2 aromatic carbocycles. The van der Waals surface area contributed by atoms with Gasteiger partial charge in [-0.25, -0.2) is 8.78 Å². The molecule has 112 valence electrons. The van der Waals surface area contributed by atoms with Gasteiger partial charge >= 0.3 is 6.18 Å². The molecule has 0 fully saturated rings. The molecule has 0 aromatic heterocycles. The van der Waals surface area contributed by atoms with Gasteiger partial charge in [0.25, 0.3) is 0 Å². The normalized spacial score (nSPS) is 11.5. The van der Waals surface area contributed by atoms with Gasteiger partial charge in [-0.2, -0.15) is 13.2 Å². The van der Waals surface area contributed by atoms with Gasteiger partial charge in [-0.3, -0.25) is 0 Å². The van der Waals surface area contributed by atoms with Crippen LogP contribution >= 0.6 is 15.9 Å². The highest BCUT2D eigenvalue weighted by Crippen LogP contribution is 2.31. The lowest BCUT2D eigenvalue weighted by molar-refractivity contribution is -0.137. The molecule has 0 spiro atoms. The van der Waals surface area contributed by atoms with Crippen LogP contribution in [-0.2, 0) is 12.7 Å². The summed E-state index contributed by atoms with van der Waals surface area (Å²) in [5.41, 5.74) is -0.951. The van der Waals surface area contributed by atoms with Gasteiger partial charge in [0, 0.05) is 17.8 Å². The molecule has 0 radical (unpaired) electrons. The predicted molar refractivity (Wildman–Crippen MR) is 72.8 cm³/mol. The maximum absolute atomic E-state index is 13.7. The summed E-state index contributed by atoms with van der Waals surface area (Å²) in [7, 11) is 0. The van der Waals surface area contributed by atoms with Crippen molar-refractivity contribution in [1.82, 2.24) is 0 Å². The number of nitrogens with one attached hydrogen (secondary N) is 1. The van der Waals surface area contributed by atoms with Crippen LogP contribution in [0.25, 0.3) is 0 Å². The van der Waals surface area contributed by atoms with E-state index in [-0.39, 0.29) is 22.3 Å². The van der Waals surface area contributed by atoms with Gasteiger partial charge in [0.1, 0.15) is 11.6 Å². The van der Waals surface area contributed by atoms with Crippen molar-refractivity contribution in [2.24, 2.45) is 0 Å². The van der Waals surface area contributed by atoms with Gasteiger partial charge in [-0.15, -0.1) is 0 Å². The van der Waals surface area contributed by atoms with Crippen molar-refractivity contribution in [3.63, 3.8) is 0 Å². The predicted octanol–water partition coefficient (Wildman–Crippen LogP) is 5.36. The summed E-state index contributed by atoms with van der Waals surface area (Å²) in [6, 6.07) is 6.72. The Labute approximate surface area is 125 Å². The van der Waals surface area contributed by atoms with E-state index in [1.807, 2.05) is 0 Å². The maximum atomic E-state index is 13.7. The van der Waals surface area contributed by atoms with E-state index in [0.29, 0.717) is 0 Å². The summed E-state index contributed by atoms with van der Waals surface area (Å²) in [5.74, 6) is -1.55. The Hall–Kier alpha value is -1.63. The van der Waals surface area contributed by atoms with E-state index in [1.54, 1.807) is 0 Å². The Morgan fingerprint density at radius 3 is 2.43 bits per heavy atom. The van der Waals surface area contributed by atoms with Gasteiger partial charge < -0.3 is 5.32 Å². The lowest BCUT2D eigenvalue weighted by Crippen LogP contribution is -2.08. The molecule has 1 N–H and O–H groups in total. The second-order valence-electron chi connectivity index (χ2n) is 4.25. The molecule has 0 saturated heterocycles. The molecule has 1 nitrogen and oxygen atoms in total. The average molecular weight is 366 g/mol. The number of alkyl halides is 3. The highest BCUT2D eigenvalue weighted by molar-refractivity contribution is 9.10. The van der Waals surface area contributed by atoms with Gasteiger partial charge in [-0.1, -0.05) is 6.07 Å². The van der Waals surface area contributed by atoms with Gasteiger partial charge in [0.05, 0.1) is 10.0 Å². The largest absolute Gasteiger partial charge is 0.416 e. The smallest absolute Gasteiger partial charge is 0.381 e. The van der Waals surface area contributed by atoms with E-state index in [9.17, 15) is 22.0 Å². The first-order chi connectivity index (χ1) is 9.79. The van der Waals surface area contributed by atoms with E-state index >= 15 is 0 Å². The van der Waals surface area contributed by atoms with Crippen LogP contribution in [0, 0.1) is 11.6 Å². The molecule has 0 saturated carbocycles. The molecule has 0 heterocycles. The zero-order chi connectivity index (χ0) is 15.6. The summed E-state index contributed by atoms with van der Waals surface area (Å²) in [4.78, 5) is 0. The fraction of sp³-hybridized carbons (Fsp3) is 0.143. The Bertz CT molecular complexity index is 654. The Balaban J connectivity index is 2.20. The number of anilines is 1. The monoisotopic (exact) mass is 365 g/mol. The van der Waals surface area contributed by atoms with E-state index in [4.69, 9.17) is 0 Å². The molecule has 0 atom stereocenters. The third-order valence-corrected chi connectivity index (χ3v) is 3.41. The van der Waals surface area contributed by atoms with Crippen LogP contribution in [0.3, 0.4) is 0 Å². The zero-order valence-corrected chi connectivity index (χ0v) is 12.0. The lowest BCUT2D eigenvalue weighted by atomic mass is 10.1. The van der Waals surface area contributed by atoms with Crippen LogP contribution in [0.4, 0.5) is 27.6 Å². The Kier molecular flexibility index (Phi) is 4.51. The molecule has 0 amide bonds. The van der Waals surface area contributed by atoms with Crippen LogP contribution in [0.1, 0.15) is 11.1 Å². The topological polar surface area (TPSA) is 12.0 Å². The lowest BCUT2D eigenvalue weighted by Gasteiger charge is -2.12. The summed E-state index contributed by atoms with van der Waals surface area (Å²) in [6.45, 7) is -0.265. The van der Waals surface area contributed by atoms with Gasteiger partial charge in [-0.05, 0) is 46.3 Å². The minimum absolute atomic E-state index is 0.0877. The number of halogens is 6. The van der Waals surface area contributed by atoms with Crippen molar-refractivity contribution >= 4 is 21.6 Å². The Morgan fingerprint density at radius 1 is 1.05 bits per heavy atom. The van der Waals surface area contributed by atoms with E-state index in [0.717, 1.165) is 18.2 Å². The van der Waals surface area contributed by atoms with Crippen molar-refractivity contribution < 1.29 is 22.0 Å². The van der Waals surface area contributed by atoms with Crippen LogP contribution < -0.4 is 5.32 Å². The number of hydrogen-bond acceptors (Lipinski definition) is 1. The summed E-state index contributed by atoms with van der Waals surface area (Å²) >= 11 is 2.93. The average Bonchev–Trinajstić information content (AvgIpc) is 2.42. The first-order valence-corrected chi connectivity index (χ1v) is 6.62. The zero-order valence-electron chi connectivity index (χ0n) is 10.4. The maximum Gasteiger partial charge on any atom is 0.416 e. The minimum Gasteiger partial charge on any atom is -0.381 e. The fourth-order valence-electron chi connectivity index (χ4n) is 1.73. The molecule has 0 unspecified atom stereocenters. The third-order valence-electron chi connectivity index (χ3n) is 2.80. The van der Waals surface area contributed by atoms with Crippen molar-refractivity contribution in [2.45, 2.75) is 12.7 Å². The van der Waals surface area contributed by atoms with Gasteiger partial charge in [0.2, 0.25) is 0 Å². The van der Waals surface area contributed by atoms with Crippen molar-refractivity contribution in [1.29, 1.82) is 0 Å². The molecule has 2 rings (SSSR count). The second kappa shape index (κ2) is 6.01. The quantitative estimate of drug-likeness (QED) is 0.570. The van der Waals surface area contributed by atoms with E-state index in [2.05, 4.69) is 21.2 Å². The molecular formula is C14H9BrF5N. The molecule has 7 heteroatoms. The van der Waals surface area contributed by atoms with Gasteiger partial charge in [0.15, 0.2) is 0 Å². The standard InChI is InChI=1S/C14H9BrF5N/c15-11-4-5-12(16)10(13(11)17)7-21-9-3-1-2-8(6-9)14(18,19)20/h1-6,21H,7H2. The molecule has 0 aliphatic rings. The summed E-state index contributed by atoms with van der Waals surface area (Å²) < 4.78 is 65.0. The third kappa shape index (κ3) is 3.72. The van der Waals surface area contributed by atoms with Crippen molar-refractivity contribution in [2.75, 3.05) is 5.32 Å². The second-order valence-corrected chi connectivity index (χ2v) is 5.11. The first kappa shape index (κ1) is 15.8. The molecular weight excluding hydrogens is 357 g/mol. The molecule has 0 bridgehead atoms. The molecule has 0 aliphatic heterocycles. The number of hydrogen-bond donors (Lipinski definition) is 1. The van der Waals surface area contributed by atoms with Crippen LogP contribution in [0.5, 0.6) is 0 Å². The molecule has 2 aromatic rings. The molecule has 21 heavy (non-hydrogen) atoms. The minimum atomic E-state index is -4.47. The summed E-state index contributed by atoms with van der Waals surface area (Å²) in [5, 5.41) is 2.58. The van der Waals surface area contributed by atoms with Crippen molar-refractivity contribution in [3.8, 4) is 0 Å². The SMILES string of the molecule is Fc1ccc(Br)c(F)c1CNc1cccc(C(F)(F)F)c1. The van der Waals surface area contributed by atoms with Crippen LogP contribution in [-0.4, -0.2) is 0 Å². The van der Waals surface area contributed by atoms with Crippen LogP contribution in [0.15, 0.2) is 40.9 Å². The Morgan fingerprint density at radius 2 is 1.76 bits per heavy atom. The molecule has 0 aliphatic carbocycles. The number of benzene rings is 2. The fourth-order valence-corrected chi connectivity index (χ4v) is 2.10. The highest BCUT2D eigenvalue weighted by Gasteiger charge is 2.30. The first-order valence-electron chi connectivity index (χ1n) is 5.82. The van der Waals surface area contributed by atoms with Crippen molar-refractivity contribution in [3.05, 3.63) is 63.6 Å². The van der Waals surface area contributed by atoms with Crippen LogP contribution in [0.2, 0.25) is 0 Å².